The van der Waals surface area contributed by atoms with Crippen molar-refractivity contribution in [1.29, 1.82) is 0 Å². The van der Waals surface area contributed by atoms with Gasteiger partial charge >= 0.3 is 5.97 Å². The van der Waals surface area contributed by atoms with Crippen molar-refractivity contribution >= 4 is 5.97 Å². The number of nitrogens with zero attached hydrogens (tertiary/aromatic N) is 1. The Morgan fingerprint density at radius 1 is 0.679 bits per heavy atom. The molecule has 0 aromatic rings. The zero-order valence-corrected chi connectivity index (χ0v) is 19.5. The van der Waals surface area contributed by atoms with Crippen molar-refractivity contribution in [1.82, 2.24) is 0 Å². The highest BCUT2D eigenvalue weighted by Gasteiger charge is 2.26. The minimum Gasteiger partial charge on any atom is -0.457 e. The number of hydrogen-bond acceptors (Lipinski definition) is 2. The van der Waals surface area contributed by atoms with Crippen LogP contribution in [0.15, 0.2) is 12.7 Å². The van der Waals surface area contributed by atoms with E-state index in [1.807, 2.05) is 0 Å². The Balaban J connectivity index is 4.64. The van der Waals surface area contributed by atoms with Crippen molar-refractivity contribution in [2.24, 2.45) is 0 Å². The second-order valence-electron chi connectivity index (χ2n) is 8.50. The number of esters is 1. The summed E-state index contributed by atoms with van der Waals surface area (Å²) >= 11 is 0. The molecule has 0 bridgehead atoms. The summed E-state index contributed by atoms with van der Waals surface area (Å²) in [5, 5.41) is 0. The van der Waals surface area contributed by atoms with E-state index in [0.29, 0.717) is 6.61 Å². The van der Waals surface area contributed by atoms with Crippen LogP contribution in [0, 0.1) is 0 Å². The summed E-state index contributed by atoms with van der Waals surface area (Å²) in [6.45, 7) is 15.6. The van der Waals surface area contributed by atoms with Crippen molar-refractivity contribution < 1.29 is 14.0 Å². The van der Waals surface area contributed by atoms with Crippen LogP contribution in [-0.4, -0.2) is 43.2 Å². The summed E-state index contributed by atoms with van der Waals surface area (Å²) in [5.74, 6) is -0.285. The Bertz CT molecular complexity index is 352. The molecule has 0 saturated heterocycles. The predicted molar refractivity (Wildman–Crippen MR) is 123 cm³/mol. The van der Waals surface area contributed by atoms with Crippen LogP contribution in [0.2, 0.25) is 0 Å². The molecule has 0 atom stereocenters. The minimum absolute atomic E-state index is 0.285. The second kappa shape index (κ2) is 19.5. The van der Waals surface area contributed by atoms with Crippen molar-refractivity contribution in [2.45, 2.75) is 111 Å². The summed E-state index contributed by atoms with van der Waals surface area (Å²) in [4.78, 5) is 11.5. The van der Waals surface area contributed by atoms with Gasteiger partial charge in [-0.1, -0.05) is 85.1 Å². The summed E-state index contributed by atoms with van der Waals surface area (Å²) < 4.78 is 6.51. The smallest absolute Gasteiger partial charge is 0.330 e. The van der Waals surface area contributed by atoms with Crippen LogP contribution in [0.1, 0.15) is 111 Å². The second-order valence-corrected chi connectivity index (χ2v) is 8.50. The van der Waals surface area contributed by atoms with Crippen molar-refractivity contribution in [2.75, 3.05) is 32.8 Å². The third-order valence-corrected chi connectivity index (χ3v) is 5.93. The van der Waals surface area contributed by atoms with E-state index in [9.17, 15) is 4.79 Å². The molecule has 0 spiro atoms. The quantitative estimate of drug-likeness (QED) is 0.0898. The third-order valence-electron chi connectivity index (χ3n) is 5.93. The monoisotopic (exact) mass is 396 g/mol. The van der Waals surface area contributed by atoms with Crippen LogP contribution in [-0.2, 0) is 9.53 Å². The van der Waals surface area contributed by atoms with Gasteiger partial charge in [-0.25, -0.2) is 4.79 Å². The van der Waals surface area contributed by atoms with E-state index in [0.717, 1.165) is 11.0 Å². The fraction of sp³-hybridized carbons (Fsp3) is 0.880. The molecule has 0 radical (unpaired) electrons. The van der Waals surface area contributed by atoms with Gasteiger partial charge in [0.25, 0.3) is 0 Å². The Kier molecular flexibility index (Phi) is 18.9. The highest BCUT2D eigenvalue weighted by atomic mass is 16.5. The first-order chi connectivity index (χ1) is 13.6. The molecule has 0 amide bonds. The van der Waals surface area contributed by atoms with Crippen molar-refractivity contribution in [3.05, 3.63) is 12.7 Å². The molecule has 0 N–H and O–H groups in total. The van der Waals surface area contributed by atoms with Crippen molar-refractivity contribution in [3.8, 4) is 0 Å². The molecule has 0 saturated carbocycles. The maximum atomic E-state index is 11.5. The van der Waals surface area contributed by atoms with Gasteiger partial charge in [-0.15, -0.1) is 0 Å². The van der Waals surface area contributed by atoms with Crippen LogP contribution < -0.4 is 0 Å². The topological polar surface area (TPSA) is 26.3 Å². The number of rotatable bonds is 21. The molecule has 0 aromatic heterocycles. The van der Waals surface area contributed by atoms with Crippen LogP contribution in [0.3, 0.4) is 0 Å². The molecule has 0 rings (SSSR count). The predicted octanol–water partition coefficient (Wildman–Crippen LogP) is 7.05. The fourth-order valence-corrected chi connectivity index (χ4v) is 4.02. The van der Waals surface area contributed by atoms with Gasteiger partial charge in [-0.2, -0.15) is 0 Å². The van der Waals surface area contributed by atoms with Crippen LogP contribution in [0.4, 0.5) is 0 Å². The summed E-state index contributed by atoms with van der Waals surface area (Å²) in [6.07, 6.45) is 19.9. The van der Waals surface area contributed by atoms with E-state index in [1.54, 1.807) is 0 Å². The molecule has 28 heavy (non-hydrogen) atoms. The van der Waals surface area contributed by atoms with Crippen LogP contribution in [0.25, 0.3) is 0 Å². The molecule has 0 fully saturated rings. The standard InChI is InChI=1S/C25H50NO2/c1-5-9-12-14-16-18-21-26(20-11-7-3,23-24-28-25(27)8-4)22-19-17-15-13-10-6-2/h8H,4-7,9-24H2,1-3H3/q+1. The zero-order valence-electron chi connectivity index (χ0n) is 19.5. The molecule has 166 valence electrons. The summed E-state index contributed by atoms with van der Waals surface area (Å²) in [7, 11) is 0. The molecule has 0 heterocycles. The lowest BCUT2D eigenvalue weighted by Crippen LogP contribution is -2.52. The zero-order chi connectivity index (χ0) is 20.9. The average molecular weight is 397 g/mol. The maximum Gasteiger partial charge on any atom is 0.330 e. The Labute approximate surface area is 176 Å². The van der Waals surface area contributed by atoms with Gasteiger partial charge in [0.1, 0.15) is 13.2 Å². The summed E-state index contributed by atoms with van der Waals surface area (Å²) in [6, 6.07) is 0. The van der Waals surface area contributed by atoms with Gasteiger partial charge in [0.15, 0.2) is 0 Å². The average Bonchev–Trinajstić information content (AvgIpc) is 2.71. The Morgan fingerprint density at radius 3 is 1.57 bits per heavy atom. The molecule has 3 heteroatoms. The SMILES string of the molecule is C=CC(=O)OCC[N+](CCCC)(CCCCCCCC)CCCCCCCC. The van der Waals surface area contributed by atoms with Gasteiger partial charge in [-0.05, 0) is 32.1 Å². The van der Waals surface area contributed by atoms with Gasteiger partial charge in [0.05, 0.1) is 19.6 Å². The van der Waals surface area contributed by atoms with E-state index in [1.165, 1.54) is 116 Å². The Hall–Kier alpha value is -0.830. The molecule has 0 unspecified atom stereocenters. The van der Waals surface area contributed by atoms with E-state index in [4.69, 9.17) is 4.74 Å². The van der Waals surface area contributed by atoms with Gasteiger partial charge in [0.2, 0.25) is 0 Å². The minimum atomic E-state index is -0.285. The highest BCUT2D eigenvalue weighted by molar-refractivity contribution is 5.81. The lowest BCUT2D eigenvalue weighted by molar-refractivity contribution is -0.929. The largest absolute Gasteiger partial charge is 0.457 e. The summed E-state index contributed by atoms with van der Waals surface area (Å²) in [5.41, 5.74) is 0. The lowest BCUT2D eigenvalue weighted by atomic mass is 10.1. The first-order valence-electron chi connectivity index (χ1n) is 12.3. The van der Waals surface area contributed by atoms with E-state index < -0.39 is 0 Å². The number of ether oxygens (including phenoxy) is 1. The molecule has 0 aliphatic heterocycles. The van der Waals surface area contributed by atoms with Crippen LogP contribution in [0.5, 0.6) is 0 Å². The van der Waals surface area contributed by atoms with Gasteiger partial charge in [0, 0.05) is 6.08 Å². The van der Waals surface area contributed by atoms with Crippen molar-refractivity contribution in [3.63, 3.8) is 0 Å². The number of unbranched alkanes of at least 4 members (excludes halogenated alkanes) is 11. The van der Waals surface area contributed by atoms with Gasteiger partial charge < -0.3 is 9.22 Å². The highest BCUT2D eigenvalue weighted by Crippen LogP contribution is 2.17. The number of carbonyl (C=O) groups excluding carboxylic acids is 1. The first-order valence-corrected chi connectivity index (χ1v) is 12.3. The molecule has 0 aromatic carbocycles. The number of quaternary nitrogens is 1. The third kappa shape index (κ3) is 15.1. The molecule has 0 aliphatic carbocycles. The van der Waals surface area contributed by atoms with E-state index in [-0.39, 0.29) is 5.97 Å². The first kappa shape index (κ1) is 27.2. The normalized spacial score (nSPS) is 11.5. The Morgan fingerprint density at radius 2 is 1.11 bits per heavy atom. The molecule has 3 nitrogen and oxygen atoms in total. The lowest BCUT2D eigenvalue weighted by Gasteiger charge is -2.39. The number of hydrogen-bond donors (Lipinski definition) is 0. The molecular weight excluding hydrogens is 346 g/mol. The van der Waals surface area contributed by atoms with E-state index >= 15 is 0 Å². The molecular formula is C25H50NO2+. The van der Waals surface area contributed by atoms with Gasteiger partial charge in [-0.3, -0.25) is 0 Å². The maximum absolute atomic E-state index is 11.5. The van der Waals surface area contributed by atoms with Crippen LogP contribution >= 0.6 is 0 Å². The molecule has 0 aliphatic rings. The van der Waals surface area contributed by atoms with E-state index in [2.05, 4.69) is 27.4 Å². The fourth-order valence-electron chi connectivity index (χ4n) is 4.02. The number of carbonyl (C=O) groups is 1.